The first-order chi connectivity index (χ1) is 8.90. The Balaban J connectivity index is 2.32. The van der Waals surface area contributed by atoms with Crippen LogP contribution in [-0.2, 0) is 12.0 Å². The van der Waals surface area contributed by atoms with Crippen LogP contribution in [0.2, 0.25) is 0 Å². The van der Waals surface area contributed by atoms with Crippen molar-refractivity contribution >= 4 is 15.9 Å². The van der Waals surface area contributed by atoms with Gasteiger partial charge in [-0.2, -0.15) is 0 Å². The van der Waals surface area contributed by atoms with Gasteiger partial charge >= 0.3 is 0 Å². The summed E-state index contributed by atoms with van der Waals surface area (Å²) in [6.45, 7) is 3.41. The average Bonchev–Trinajstić information content (AvgIpc) is 2.35. The van der Waals surface area contributed by atoms with Crippen LogP contribution in [0.15, 0.2) is 46.9 Å². The van der Waals surface area contributed by atoms with Crippen molar-refractivity contribution in [2.24, 2.45) is 0 Å². The molecule has 0 radical (unpaired) electrons. The normalized spacial score (nSPS) is 14.2. The molecule has 100 valence electrons. The first-order valence-corrected chi connectivity index (χ1v) is 6.92. The zero-order valence-corrected chi connectivity index (χ0v) is 12.5. The summed E-state index contributed by atoms with van der Waals surface area (Å²) in [7, 11) is 0. The summed E-state index contributed by atoms with van der Waals surface area (Å²) in [6.07, 6.45) is 0.428. The summed E-state index contributed by atoms with van der Waals surface area (Å²) in [4.78, 5) is 0. The van der Waals surface area contributed by atoms with Crippen LogP contribution in [0.4, 0.5) is 4.39 Å². The van der Waals surface area contributed by atoms with E-state index < -0.39 is 5.60 Å². The van der Waals surface area contributed by atoms with Gasteiger partial charge in [0, 0.05) is 10.9 Å². The van der Waals surface area contributed by atoms with E-state index in [1.165, 1.54) is 6.07 Å². The van der Waals surface area contributed by atoms with Crippen molar-refractivity contribution in [1.29, 1.82) is 0 Å². The van der Waals surface area contributed by atoms with E-state index in [2.05, 4.69) is 15.9 Å². The van der Waals surface area contributed by atoms with E-state index in [1.54, 1.807) is 26.0 Å². The third kappa shape index (κ3) is 3.23. The first-order valence-electron chi connectivity index (χ1n) is 6.12. The molecule has 0 bridgehead atoms. The summed E-state index contributed by atoms with van der Waals surface area (Å²) >= 11 is 3.46. The lowest BCUT2D eigenvalue weighted by atomic mass is 9.88. The molecule has 1 N–H and O–H groups in total. The quantitative estimate of drug-likeness (QED) is 0.890. The molecule has 2 aromatic carbocycles. The molecule has 0 amide bonds. The zero-order valence-electron chi connectivity index (χ0n) is 11.0. The minimum absolute atomic E-state index is 0.287. The molecule has 0 saturated carbocycles. The smallest absolute Gasteiger partial charge is 0.126 e. The zero-order chi connectivity index (χ0) is 14.0. The monoisotopic (exact) mass is 322 g/mol. The van der Waals surface area contributed by atoms with E-state index in [1.807, 2.05) is 24.3 Å². The molecule has 0 saturated heterocycles. The van der Waals surface area contributed by atoms with Crippen molar-refractivity contribution in [1.82, 2.24) is 0 Å². The Morgan fingerprint density at radius 3 is 2.53 bits per heavy atom. The highest BCUT2D eigenvalue weighted by atomic mass is 79.9. The molecule has 0 aliphatic carbocycles. The van der Waals surface area contributed by atoms with Gasteiger partial charge in [-0.3, -0.25) is 0 Å². The fourth-order valence-electron chi connectivity index (χ4n) is 2.04. The SMILES string of the molecule is Cc1ccc(C(C)(O)Cc2ccccc2Br)cc1F. The second-order valence-electron chi connectivity index (χ2n) is 5.01. The maximum Gasteiger partial charge on any atom is 0.126 e. The van der Waals surface area contributed by atoms with Crippen molar-refractivity contribution < 1.29 is 9.50 Å². The van der Waals surface area contributed by atoms with Gasteiger partial charge in [-0.05, 0) is 42.7 Å². The highest BCUT2D eigenvalue weighted by Crippen LogP contribution is 2.29. The largest absolute Gasteiger partial charge is 0.385 e. The van der Waals surface area contributed by atoms with Gasteiger partial charge in [0.1, 0.15) is 5.82 Å². The Kier molecular flexibility index (Phi) is 4.07. The number of benzene rings is 2. The number of hydrogen-bond donors (Lipinski definition) is 1. The molecular weight excluding hydrogens is 307 g/mol. The molecule has 0 aliphatic rings. The second kappa shape index (κ2) is 5.43. The van der Waals surface area contributed by atoms with Crippen molar-refractivity contribution in [3.8, 4) is 0 Å². The van der Waals surface area contributed by atoms with E-state index in [9.17, 15) is 9.50 Å². The molecule has 3 heteroatoms. The molecule has 1 unspecified atom stereocenters. The van der Waals surface area contributed by atoms with Crippen LogP contribution in [-0.4, -0.2) is 5.11 Å². The van der Waals surface area contributed by atoms with Crippen LogP contribution in [0, 0.1) is 12.7 Å². The molecule has 19 heavy (non-hydrogen) atoms. The van der Waals surface area contributed by atoms with Gasteiger partial charge in [-0.25, -0.2) is 4.39 Å². The average molecular weight is 323 g/mol. The molecular formula is C16H16BrFO. The van der Waals surface area contributed by atoms with Crippen molar-refractivity contribution in [3.05, 3.63) is 69.4 Å². The van der Waals surface area contributed by atoms with Gasteiger partial charge in [0.25, 0.3) is 0 Å². The number of aliphatic hydroxyl groups is 1. The van der Waals surface area contributed by atoms with E-state index in [4.69, 9.17) is 0 Å². The molecule has 0 fully saturated rings. The van der Waals surface area contributed by atoms with Gasteiger partial charge in [-0.1, -0.05) is 46.3 Å². The van der Waals surface area contributed by atoms with Crippen molar-refractivity contribution in [2.45, 2.75) is 25.9 Å². The van der Waals surface area contributed by atoms with Crippen LogP contribution in [0.1, 0.15) is 23.6 Å². The van der Waals surface area contributed by atoms with Crippen LogP contribution < -0.4 is 0 Å². The number of halogens is 2. The maximum atomic E-state index is 13.6. The van der Waals surface area contributed by atoms with E-state index in [0.29, 0.717) is 17.5 Å². The van der Waals surface area contributed by atoms with Gasteiger partial charge in [0.05, 0.1) is 5.60 Å². The summed E-state index contributed by atoms with van der Waals surface area (Å²) in [5, 5.41) is 10.6. The molecule has 2 rings (SSSR count). The van der Waals surface area contributed by atoms with Crippen molar-refractivity contribution in [3.63, 3.8) is 0 Å². The highest BCUT2D eigenvalue weighted by Gasteiger charge is 2.25. The minimum atomic E-state index is -1.10. The van der Waals surface area contributed by atoms with Crippen LogP contribution in [0.25, 0.3) is 0 Å². The fraction of sp³-hybridized carbons (Fsp3) is 0.250. The van der Waals surface area contributed by atoms with E-state index in [-0.39, 0.29) is 5.82 Å². The molecule has 1 nitrogen and oxygen atoms in total. The Morgan fingerprint density at radius 1 is 1.21 bits per heavy atom. The van der Waals surface area contributed by atoms with Crippen LogP contribution in [0.3, 0.4) is 0 Å². The summed E-state index contributed by atoms with van der Waals surface area (Å²) < 4.78 is 14.6. The number of rotatable bonds is 3. The Bertz CT molecular complexity index is 593. The fourth-order valence-corrected chi connectivity index (χ4v) is 2.47. The first kappa shape index (κ1) is 14.2. The maximum absolute atomic E-state index is 13.6. The predicted octanol–water partition coefficient (Wildman–Crippen LogP) is 4.35. The molecule has 2 aromatic rings. The Morgan fingerprint density at radius 2 is 1.89 bits per heavy atom. The Labute approximate surface area is 121 Å². The van der Waals surface area contributed by atoms with Crippen LogP contribution in [0.5, 0.6) is 0 Å². The number of hydrogen-bond acceptors (Lipinski definition) is 1. The lowest BCUT2D eigenvalue weighted by molar-refractivity contribution is 0.0571. The molecule has 0 aliphatic heterocycles. The lowest BCUT2D eigenvalue weighted by Gasteiger charge is -2.25. The predicted molar refractivity (Wildman–Crippen MR) is 78.6 cm³/mol. The summed E-state index contributed by atoms with van der Waals surface area (Å²) in [5.74, 6) is -0.287. The third-order valence-corrected chi connectivity index (χ3v) is 4.06. The summed E-state index contributed by atoms with van der Waals surface area (Å²) in [6, 6.07) is 12.6. The number of aryl methyl sites for hydroxylation is 1. The van der Waals surface area contributed by atoms with Gasteiger partial charge < -0.3 is 5.11 Å². The standard InChI is InChI=1S/C16H16BrFO/c1-11-7-8-13(9-15(11)18)16(2,19)10-12-5-3-4-6-14(12)17/h3-9,19H,10H2,1-2H3. The van der Waals surface area contributed by atoms with Gasteiger partial charge in [-0.15, -0.1) is 0 Å². The highest BCUT2D eigenvalue weighted by molar-refractivity contribution is 9.10. The molecule has 1 atom stereocenters. The molecule has 0 aromatic heterocycles. The lowest BCUT2D eigenvalue weighted by Crippen LogP contribution is -2.24. The minimum Gasteiger partial charge on any atom is -0.385 e. The second-order valence-corrected chi connectivity index (χ2v) is 5.86. The van der Waals surface area contributed by atoms with Gasteiger partial charge in [0.15, 0.2) is 0 Å². The van der Waals surface area contributed by atoms with Crippen LogP contribution >= 0.6 is 15.9 Å². The molecule has 0 spiro atoms. The van der Waals surface area contributed by atoms with Crippen molar-refractivity contribution in [2.75, 3.05) is 0 Å². The topological polar surface area (TPSA) is 20.2 Å². The van der Waals surface area contributed by atoms with E-state index in [0.717, 1.165) is 10.0 Å². The van der Waals surface area contributed by atoms with E-state index >= 15 is 0 Å². The Hall–Kier alpha value is -1.19. The van der Waals surface area contributed by atoms with Gasteiger partial charge in [0.2, 0.25) is 0 Å². The molecule has 0 heterocycles. The third-order valence-electron chi connectivity index (χ3n) is 3.29. The summed E-state index contributed by atoms with van der Waals surface area (Å²) in [5.41, 5.74) is 1.07.